The normalized spacial score (nSPS) is 10.8. The van der Waals surface area contributed by atoms with Gasteiger partial charge < -0.3 is 0 Å². The van der Waals surface area contributed by atoms with Crippen molar-refractivity contribution < 1.29 is 9.59 Å². The van der Waals surface area contributed by atoms with Gasteiger partial charge in [0.25, 0.3) is 11.8 Å². The van der Waals surface area contributed by atoms with Crippen molar-refractivity contribution in [1.82, 2.24) is 25.8 Å². The summed E-state index contributed by atoms with van der Waals surface area (Å²) in [4.78, 5) is 37.0. The highest BCUT2D eigenvalue weighted by molar-refractivity contribution is 6.33. The van der Waals surface area contributed by atoms with Gasteiger partial charge in [0.15, 0.2) is 5.69 Å². The third-order valence-corrected chi connectivity index (χ3v) is 3.89. The first-order valence-electron chi connectivity index (χ1n) is 7.94. The molecule has 0 fully saturated rings. The molecule has 8 heteroatoms. The van der Waals surface area contributed by atoms with Crippen LogP contribution >= 0.6 is 11.6 Å². The van der Waals surface area contributed by atoms with Crippen molar-refractivity contribution in [3.63, 3.8) is 0 Å². The Morgan fingerprint density at radius 2 is 1.73 bits per heavy atom. The van der Waals surface area contributed by atoms with Gasteiger partial charge >= 0.3 is 0 Å². The minimum Gasteiger partial charge on any atom is -0.266 e. The van der Waals surface area contributed by atoms with Crippen LogP contribution in [0.1, 0.15) is 46.6 Å². The van der Waals surface area contributed by atoms with Gasteiger partial charge in [0.05, 0.1) is 16.7 Å². The number of halogens is 1. The van der Waals surface area contributed by atoms with Crippen LogP contribution in [0.2, 0.25) is 5.02 Å². The van der Waals surface area contributed by atoms with E-state index in [2.05, 4.69) is 25.8 Å². The number of rotatable bonds is 3. The second kappa shape index (κ2) is 7.45. The van der Waals surface area contributed by atoms with Crippen LogP contribution in [-0.4, -0.2) is 26.8 Å². The lowest BCUT2D eigenvalue weighted by Gasteiger charge is -2.10. The molecule has 0 atom stereocenters. The Kier molecular flexibility index (Phi) is 5.09. The molecule has 0 saturated heterocycles. The Labute approximate surface area is 154 Å². The van der Waals surface area contributed by atoms with Crippen molar-refractivity contribution in [2.45, 2.75) is 19.8 Å². The highest BCUT2D eigenvalue weighted by atomic mass is 35.5. The minimum absolute atomic E-state index is 0.00265. The number of pyridine rings is 1. The molecule has 1 aromatic carbocycles. The number of hydrazine groups is 1. The fourth-order valence-electron chi connectivity index (χ4n) is 2.25. The molecule has 0 aliphatic carbocycles. The van der Waals surface area contributed by atoms with E-state index in [-0.39, 0.29) is 22.3 Å². The van der Waals surface area contributed by atoms with E-state index in [1.807, 2.05) is 32.0 Å². The molecule has 132 valence electrons. The number of hydrogen-bond acceptors (Lipinski definition) is 5. The zero-order chi connectivity index (χ0) is 18.7. The van der Waals surface area contributed by atoms with Crippen LogP contribution in [-0.2, 0) is 0 Å². The lowest BCUT2D eigenvalue weighted by atomic mass is 10.2. The van der Waals surface area contributed by atoms with Crippen molar-refractivity contribution in [2.75, 3.05) is 0 Å². The Morgan fingerprint density at radius 1 is 1.00 bits per heavy atom. The molecule has 0 unspecified atom stereocenters. The van der Waals surface area contributed by atoms with Gasteiger partial charge in [-0.1, -0.05) is 49.7 Å². The van der Waals surface area contributed by atoms with E-state index in [0.29, 0.717) is 11.3 Å². The molecule has 2 amide bonds. The summed E-state index contributed by atoms with van der Waals surface area (Å²) in [5.41, 5.74) is 5.48. The third kappa shape index (κ3) is 3.78. The zero-order valence-electron chi connectivity index (χ0n) is 14.2. The van der Waals surface area contributed by atoms with Crippen LogP contribution in [0.5, 0.6) is 0 Å². The lowest BCUT2D eigenvalue weighted by Crippen LogP contribution is -2.42. The third-order valence-electron chi connectivity index (χ3n) is 3.61. The van der Waals surface area contributed by atoms with Gasteiger partial charge in [-0.3, -0.25) is 20.4 Å². The molecule has 0 saturated carbocycles. The fraction of sp³-hybridized carbons (Fsp3) is 0.167. The average molecular weight is 370 g/mol. The quantitative estimate of drug-likeness (QED) is 0.692. The number of aromatic nitrogens is 3. The van der Waals surface area contributed by atoms with E-state index >= 15 is 0 Å². The summed E-state index contributed by atoms with van der Waals surface area (Å²) in [6.07, 6.45) is 1.37. The maximum Gasteiger partial charge on any atom is 0.289 e. The Balaban J connectivity index is 1.72. The second-order valence-corrected chi connectivity index (χ2v) is 6.28. The van der Waals surface area contributed by atoms with E-state index in [1.165, 1.54) is 6.20 Å². The van der Waals surface area contributed by atoms with Crippen LogP contribution in [0.3, 0.4) is 0 Å². The molecule has 0 radical (unpaired) electrons. The minimum atomic E-state index is -0.631. The van der Waals surface area contributed by atoms with E-state index in [4.69, 9.17) is 11.6 Å². The monoisotopic (exact) mass is 369 g/mol. The fourth-order valence-corrected chi connectivity index (χ4v) is 2.42. The topological polar surface area (TPSA) is 96.9 Å². The largest absolute Gasteiger partial charge is 0.289 e. The first kappa shape index (κ1) is 17.8. The second-order valence-electron chi connectivity index (χ2n) is 5.88. The highest BCUT2D eigenvalue weighted by Gasteiger charge is 2.17. The van der Waals surface area contributed by atoms with Crippen molar-refractivity contribution in [1.29, 1.82) is 0 Å². The number of hydrogen-bond donors (Lipinski definition) is 2. The zero-order valence-corrected chi connectivity index (χ0v) is 14.9. The van der Waals surface area contributed by atoms with Crippen molar-refractivity contribution >= 4 is 34.3 Å². The molecular formula is C18H16ClN5O2. The van der Waals surface area contributed by atoms with Crippen molar-refractivity contribution in [3.05, 3.63) is 64.8 Å². The van der Waals surface area contributed by atoms with Gasteiger partial charge in [0.2, 0.25) is 0 Å². The first-order valence-corrected chi connectivity index (χ1v) is 8.32. The summed E-state index contributed by atoms with van der Waals surface area (Å²) in [5, 5.41) is 1.02. The number of nitrogens with one attached hydrogen (secondary N) is 2. The number of nitrogens with zero attached hydrogens (tertiary/aromatic N) is 3. The predicted molar refractivity (Wildman–Crippen MR) is 97.8 cm³/mol. The van der Waals surface area contributed by atoms with Gasteiger partial charge in [0.1, 0.15) is 11.5 Å². The summed E-state index contributed by atoms with van der Waals surface area (Å²) in [5.74, 6) is -0.649. The van der Waals surface area contributed by atoms with Crippen LogP contribution < -0.4 is 10.9 Å². The SMILES string of the molecule is CC(C)c1ncc(Cl)c(C(=O)NNC(=O)c2ccc3ccccc3n2)n1. The van der Waals surface area contributed by atoms with Crippen LogP contribution in [0.4, 0.5) is 0 Å². The summed E-state index contributed by atoms with van der Waals surface area (Å²) >= 11 is 5.98. The first-order chi connectivity index (χ1) is 12.5. The Bertz CT molecular complexity index is 990. The number of amides is 2. The molecule has 2 heterocycles. The number of para-hydroxylation sites is 1. The molecule has 2 aromatic heterocycles. The smallest absolute Gasteiger partial charge is 0.266 e. The molecule has 0 aliphatic heterocycles. The lowest BCUT2D eigenvalue weighted by molar-refractivity contribution is 0.0841. The molecular weight excluding hydrogens is 354 g/mol. The van der Waals surface area contributed by atoms with E-state index in [1.54, 1.807) is 18.2 Å². The van der Waals surface area contributed by atoms with E-state index in [0.717, 1.165) is 5.39 Å². The van der Waals surface area contributed by atoms with E-state index in [9.17, 15) is 9.59 Å². The maximum absolute atomic E-state index is 12.3. The van der Waals surface area contributed by atoms with E-state index < -0.39 is 11.8 Å². The van der Waals surface area contributed by atoms with Crippen LogP contribution in [0, 0.1) is 0 Å². The average Bonchev–Trinajstić information content (AvgIpc) is 2.65. The summed E-state index contributed by atoms with van der Waals surface area (Å²) in [6, 6.07) is 10.8. The van der Waals surface area contributed by atoms with Crippen LogP contribution in [0.15, 0.2) is 42.6 Å². The molecule has 0 spiro atoms. The van der Waals surface area contributed by atoms with Gasteiger partial charge in [-0.25, -0.2) is 15.0 Å². The molecule has 2 N–H and O–H groups in total. The molecule has 0 bridgehead atoms. The summed E-state index contributed by atoms with van der Waals surface area (Å²) in [6.45, 7) is 3.80. The van der Waals surface area contributed by atoms with Gasteiger partial charge in [-0.2, -0.15) is 0 Å². The molecule has 3 aromatic rings. The highest BCUT2D eigenvalue weighted by Crippen LogP contribution is 2.16. The standard InChI is InChI=1S/C18H16ClN5O2/c1-10(2)16-20-9-12(19)15(22-16)18(26)24-23-17(25)14-8-7-11-5-3-4-6-13(11)21-14/h3-10H,1-2H3,(H,23,25)(H,24,26). The number of carbonyl (C=O) groups is 2. The maximum atomic E-state index is 12.3. The number of carbonyl (C=O) groups excluding carboxylic acids is 2. The summed E-state index contributed by atoms with van der Waals surface area (Å²) < 4.78 is 0. The van der Waals surface area contributed by atoms with Gasteiger partial charge in [0, 0.05) is 11.3 Å². The Morgan fingerprint density at radius 3 is 2.50 bits per heavy atom. The molecule has 7 nitrogen and oxygen atoms in total. The number of fused-ring (bicyclic) bond motifs is 1. The van der Waals surface area contributed by atoms with Crippen molar-refractivity contribution in [3.8, 4) is 0 Å². The predicted octanol–water partition coefficient (Wildman–Crippen LogP) is 2.88. The van der Waals surface area contributed by atoms with Crippen molar-refractivity contribution in [2.24, 2.45) is 0 Å². The molecule has 3 rings (SSSR count). The molecule has 26 heavy (non-hydrogen) atoms. The van der Waals surface area contributed by atoms with Gasteiger partial charge in [-0.05, 0) is 12.1 Å². The van der Waals surface area contributed by atoms with Crippen LogP contribution in [0.25, 0.3) is 10.9 Å². The van der Waals surface area contributed by atoms with Gasteiger partial charge in [-0.15, -0.1) is 0 Å². The molecule has 0 aliphatic rings. The summed E-state index contributed by atoms with van der Waals surface area (Å²) in [7, 11) is 0. The number of benzene rings is 1. The Hall–Kier alpha value is -3.06.